The molecular formula is C19H21N3O4. The number of nitrogens with zero attached hydrogens (tertiary/aromatic N) is 1. The van der Waals surface area contributed by atoms with Crippen LogP contribution in [0, 0.1) is 0 Å². The van der Waals surface area contributed by atoms with E-state index in [1.165, 1.54) is 6.21 Å². The lowest BCUT2D eigenvalue weighted by molar-refractivity contribution is -0.139. The van der Waals surface area contributed by atoms with Gasteiger partial charge in [-0.1, -0.05) is 36.4 Å². The number of hydrogen-bond donors (Lipinski definition) is 3. The SMILES string of the molecule is CCOc1cccc(/C=N/NC(=O)C(=O)NCCc2ccccc2)c1O. The first kappa shape index (κ1) is 19.0. The summed E-state index contributed by atoms with van der Waals surface area (Å²) in [4.78, 5) is 23.4. The average Bonchev–Trinajstić information content (AvgIpc) is 2.65. The smallest absolute Gasteiger partial charge is 0.329 e. The second-order valence-corrected chi connectivity index (χ2v) is 5.32. The van der Waals surface area contributed by atoms with Crippen LogP contribution < -0.4 is 15.5 Å². The highest BCUT2D eigenvalue weighted by molar-refractivity contribution is 6.35. The maximum atomic E-state index is 11.7. The fourth-order valence-corrected chi connectivity index (χ4v) is 2.17. The van der Waals surface area contributed by atoms with Crippen molar-refractivity contribution in [1.29, 1.82) is 0 Å². The van der Waals surface area contributed by atoms with Crippen molar-refractivity contribution in [3.05, 3.63) is 59.7 Å². The molecule has 2 amide bonds. The molecule has 0 aromatic heterocycles. The minimum Gasteiger partial charge on any atom is -0.504 e. The topological polar surface area (TPSA) is 100 Å². The number of phenols is 1. The van der Waals surface area contributed by atoms with Crippen molar-refractivity contribution >= 4 is 18.0 Å². The zero-order valence-corrected chi connectivity index (χ0v) is 14.4. The van der Waals surface area contributed by atoms with Crippen molar-refractivity contribution < 1.29 is 19.4 Å². The molecule has 3 N–H and O–H groups in total. The number of para-hydroxylation sites is 1. The van der Waals surface area contributed by atoms with Crippen molar-refractivity contribution in [2.24, 2.45) is 5.10 Å². The van der Waals surface area contributed by atoms with Gasteiger partial charge in [0.1, 0.15) is 0 Å². The molecular weight excluding hydrogens is 334 g/mol. The molecule has 0 atom stereocenters. The molecule has 0 saturated carbocycles. The quantitative estimate of drug-likeness (QED) is 0.399. The highest BCUT2D eigenvalue weighted by atomic mass is 16.5. The Morgan fingerprint density at radius 1 is 1.12 bits per heavy atom. The number of rotatable bonds is 7. The molecule has 0 aliphatic rings. The van der Waals surface area contributed by atoms with Crippen molar-refractivity contribution in [3.63, 3.8) is 0 Å². The Morgan fingerprint density at radius 3 is 2.62 bits per heavy atom. The van der Waals surface area contributed by atoms with E-state index in [2.05, 4.69) is 15.8 Å². The van der Waals surface area contributed by atoms with Crippen LogP contribution in [0.5, 0.6) is 11.5 Å². The van der Waals surface area contributed by atoms with Crippen molar-refractivity contribution in [2.75, 3.05) is 13.2 Å². The number of aromatic hydroxyl groups is 1. The van der Waals surface area contributed by atoms with Gasteiger partial charge in [-0.25, -0.2) is 5.43 Å². The molecule has 7 heteroatoms. The van der Waals surface area contributed by atoms with Crippen molar-refractivity contribution in [1.82, 2.24) is 10.7 Å². The minimum atomic E-state index is -0.880. The molecule has 2 rings (SSSR count). The van der Waals surface area contributed by atoms with Gasteiger partial charge < -0.3 is 15.2 Å². The van der Waals surface area contributed by atoms with Crippen LogP contribution in [0.2, 0.25) is 0 Å². The lowest BCUT2D eigenvalue weighted by atomic mass is 10.1. The van der Waals surface area contributed by atoms with E-state index < -0.39 is 11.8 Å². The number of benzene rings is 2. The van der Waals surface area contributed by atoms with Gasteiger partial charge in [0.05, 0.1) is 12.8 Å². The number of nitrogens with one attached hydrogen (secondary N) is 2. The molecule has 7 nitrogen and oxygen atoms in total. The van der Waals surface area contributed by atoms with Gasteiger partial charge in [-0.05, 0) is 31.0 Å². The molecule has 136 valence electrons. The van der Waals surface area contributed by atoms with Crippen LogP contribution >= 0.6 is 0 Å². The molecule has 0 aliphatic heterocycles. The van der Waals surface area contributed by atoms with E-state index in [1.54, 1.807) is 25.1 Å². The van der Waals surface area contributed by atoms with Crippen LogP contribution in [0.25, 0.3) is 0 Å². The summed E-state index contributed by atoms with van der Waals surface area (Å²) in [5.41, 5.74) is 3.55. The highest BCUT2D eigenvalue weighted by Gasteiger charge is 2.12. The van der Waals surface area contributed by atoms with Crippen LogP contribution in [-0.4, -0.2) is 36.3 Å². The molecule has 0 heterocycles. The van der Waals surface area contributed by atoms with E-state index in [4.69, 9.17) is 4.74 Å². The summed E-state index contributed by atoms with van der Waals surface area (Å²) in [5.74, 6) is -1.42. The number of carbonyl (C=O) groups excluding carboxylic acids is 2. The monoisotopic (exact) mass is 355 g/mol. The first-order valence-corrected chi connectivity index (χ1v) is 8.21. The summed E-state index contributed by atoms with van der Waals surface area (Å²) in [6.07, 6.45) is 1.87. The zero-order valence-electron chi connectivity index (χ0n) is 14.4. The largest absolute Gasteiger partial charge is 0.504 e. The molecule has 0 radical (unpaired) electrons. The maximum absolute atomic E-state index is 11.7. The van der Waals surface area contributed by atoms with Gasteiger partial charge in [-0.15, -0.1) is 0 Å². The van der Waals surface area contributed by atoms with E-state index in [0.717, 1.165) is 5.56 Å². The first-order chi connectivity index (χ1) is 12.6. The number of hydrogen-bond acceptors (Lipinski definition) is 5. The van der Waals surface area contributed by atoms with Gasteiger partial charge in [-0.2, -0.15) is 5.10 Å². The third-order valence-corrected chi connectivity index (χ3v) is 3.45. The zero-order chi connectivity index (χ0) is 18.8. The maximum Gasteiger partial charge on any atom is 0.329 e. The number of ether oxygens (including phenoxy) is 1. The van der Waals surface area contributed by atoms with Crippen LogP contribution in [0.1, 0.15) is 18.1 Å². The van der Waals surface area contributed by atoms with Crippen LogP contribution in [-0.2, 0) is 16.0 Å². The van der Waals surface area contributed by atoms with Gasteiger partial charge in [0.25, 0.3) is 0 Å². The van der Waals surface area contributed by atoms with Gasteiger partial charge in [-0.3, -0.25) is 9.59 Å². The molecule has 0 fully saturated rings. The van der Waals surface area contributed by atoms with Gasteiger partial charge >= 0.3 is 11.8 Å². The Labute approximate surface area is 151 Å². The van der Waals surface area contributed by atoms with Gasteiger partial charge in [0.15, 0.2) is 11.5 Å². The first-order valence-electron chi connectivity index (χ1n) is 8.21. The summed E-state index contributed by atoms with van der Waals surface area (Å²) in [6, 6.07) is 14.5. The lowest BCUT2D eigenvalue weighted by Gasteiger charge is -2.07. The van der Waals surface area contributed by atoms with E-state index in [9.17, 15) is 14.7 Å². The summed E-state index contributed by atoms with van der Waals surface area (Å²) in [7, 11) is 0. The predicted octanol–water partition coefficient (Wildman–Crippen LogP) is 1.60. The Hall–Kier alpha value is -3.35. The van der Waals surface area contributed by atoms with Crippen LogP contribution in [0.3, 0.4) is 0 Å². The summed E-state index contributed by atoms with van der Waals surface area (Å²) in [5, 5.41) is 16.2. The fourth-order valence-electron chi connectivity index (χ4n) is 2.17. The van der Waals surface area contributed by atoms with E-state index >= 15 is 0 Å². The van der Waals surface area contributed by atoms with E-state index in [0.29, 0.717) is 30.9 Å². The fraction of sp³-hybridized carbons (Fsp3) is 0.211. The van der Waals surface area contributed by atoms with Crippen LogP contribution in [0.4, 0.5) is 0 Å². The Bertz CT molecular complexity index is 776. The number of amides is 2. The van der Waals surface area contributed by atoms with Crippen molar-refractivity contribution in [2.45, 2.75) is 13.3 Å². The Balaban J connectivity index is 1.81. The Morgan fingerprint density at radius 2 is 1.88 bits per heavy atom. The van der Waals surface area contributed by atoms with Crippen molar-refractivity contribution in [3.8, 4) is 11.5 Å². The molecule has 2 aromatic carbocycles. The van der Waals surface area contributed by atoms with E-state index in [1.807, 2.05) is 30.3 Å². The number of hydrazone groups is 1. The molecule has 0 bridgehead atoms. The molecule has 0 saturated heterocycles. The average molecular weight is 355 g/mol. The molecule has 0 aliphatic carbocycles. The standard InChI is InChI=1S/C19H21N3O4/c1-2-26-16-10-6-9-15(17(16)23)13-21-22-19(25)18(24)20-12-11-14-7-4-3-5-8-14/h3-10,13,23H,2,11-12H2,1H3,(H,20,24)(H,22,25)/b21-13+. The van der Waals surface area contributed by atoms with E-state index in [-0.39, 0.29) is 5.75 Å². The molecule has 0 unspecified atom stereocenters. The minimum absolute atomic E-state index is 0.0836. The summed E-state index contributed by atoms with van der Waals surface area (Å²) in [6.45, 7) is 2.56. The highest BCUT2D eigenvalue weighted by Crippen LogP contribution is 2.28. The normalized spacial score (nSPS) is 10.5. The summed E-state index contributed by atoms with van der Waals surface area (Å²) < 4.78 is 5.26. The predicted molar refractivity (Wildman–Crippen MR) is 98.2 cm³/mol. The third kappa shape index (κ3) is 5.62. The van der Waals surface area contributed by atoms with Gasteiger partial charge in [0, 0.05) is 12.1 Å². The Kier molecular flexibility index (Phi) is 7.17. The van der Waals surface area contributed by atoms with Crippen LogP contribution in [0.15, 0.2) is 53.6 Å². The number of carbonyl (C=O) groups is 2. The molecule has 26 heavy (non-hydrogen) atoms. The third-order valence-electron chi connectivity index (χ3n) is 3.45. The van der Waals surface area contributed by atoms with Gasteiger partial charge in [0.2, 0.25) is 0 Å². The molecule has 0 spiro atoms. The second kappa shape index (κ2) is 9.83. The molecule has 2 aromatic rings. The summed E-state index contributed by atoms with van der Waals surface area (Å²) >= 11 is 0. The lowest BCUT2D eigenvalue weighted by Crippen LogP contribution is -2.38. The second-order valence-electron chi connectivity index (χ2n) is 5.32. The number of phenolic OH excluding ortho intramolecular Hbond substituents is 1.